The van der Waals surface area contributed by atoms with Crippen molar-refractivity contribution in [3.8, 4) is 0 Å². The van der Waals surface area contributed by atoms with Gasteiger partial charge in [-0.05, 0) is 41.3 Å². The highest BCUT2D eigenvalue weighted by atomic mass is 15.3. The van der Waals surface area contributed by atoms with Crippen molar-refractivity contribution in [2.45, 2.75) is 26.1 Å². The van der Waals surface area contributed by atoms with Crippen molar-refractivity contribution in [3.63, 3.8) is 0 Å². The maximum atomic E-state index is 4.66. The first kappa shape index (κ1) is 20.5. The Morgan fingerprint density at radius 3 is 2.65 bits per heavy atom. The second kappa shape index (κ2) is 9.03. The number of rotatable bonds is 6. The zero-order chi connectivity index (χ0) is 22.7. The highest BCUT2D eigenvalue weighted by molar-refractivity contribution is 5.82. The number of pyridine rings is 2. The van der Waals surface area contributed by atoms with E-state index < -0.39 is 0 Å². The van der Waals surface area contributed by atoms with Gasteiger partial charge in [0.2, 0.25) is 0 Å². The first-order valence-corrected chi connectivity index (χ1v) is 11.5. The average molecular weight is 448 g/mol. The fraction of sp³-hybridized carbons (Fsp3) is 0.185. The van der Waals surface area contributed by atoms with Crippen molar-refractivity contribution in [1.82, 2.24) is 29.6 Å². The molecule has 168 valence electrons. The molecule has 0 radical (unpaired) electrons. The van der Waals surface area contributed by atoms with E-state index in [2.05, 4.69) is 72.7 Å². The third-order valence-corrected chi connectivity index (χ3v) is 6.39. The molecular formula is C27H25N7. The molecule has 34 heavy (non-hydrogen) atoms. The van der Waals surface area contributed by atoms with Crippen molar-refractivity contribution in [2.24, 2.45) is 0 Å². The molecule has 5 aromatic rings. The van der Waals surface area contributed by atoms with Crippen LogP contribution in [0.5, 0.6) is 0 Å². The molecule has 4 heterocycles. The van der Waals surface area contributed by atoms with Crippen LogP contribution in [0.2, 0.25) is 0 Å². The minimum atomic E-state index is 0.735. The summed E-state index contributed by atoms with van der Waals surface area (Å²) in [5.41, 5.74) is 7.18. The lowest BCUT2D eigenvalue weighted by atomic mass is 9.99. The Bertz CT molecular complexity index is 1430. The molecule has 0 unspecified atom stereocenters. The van der Waals surface area contributed by atoms with E-state index in [9.17, 15) is 0 Å². The standard InChI is InChI=1S/C27H25N7/c1-2-7-22(17-34-19-28-18-31-34)21(6-1)15-33-12-10-25-23(16-33)9-11-29-27(25)32-24-13-20-5-3-4-8-26(20)30-14-24/h1-9,11,13-14,18-19H,10,12,15-17H2,(H,29,32). The van der Waals surface area contributed by atoms with E-state index in [1.165, 1.54) is 22.3 Å². The average Bonchev–Trinajstić information content (AvgIpc) is 3.38. The second-order valence-corrected chi connectivity index (χ2v) is 8.66. The van der Waals surface area contributed by atoms with Crippen molar-refractivity contribution in [3.05, 3.63) is 108 Å². The number of para-hydroxylation sites is 1. The minimum absolute atomic E-state index is 0.735. The van der Waals surface area contributed by atoms with Crippen LogP contribution in [-0.2, 0) is 26.1 Å². The van der Waals surface area contributed by atoms with E-state index in [4.69, 9.17) is 0 Å². The quantitative estimate of drug-likeness (QED) is 0.411. The van der Waals surface area contributed by atoms with Crippen LogP contribution in [0.1, 0.15) is 22.3 Å². The Hall–Kier alpha value is -4.10. The van der Waals surface area contributed by atoms with Gasteiger partial charge >= 0.3 is 0 Å². The van der Waals surface area contributed by atoms with Crippen LogP contribution in [0.4, 0.5) is 11.5 Å². The zero-order valence-electron chi connectivity index (χ0n) is 18.8. The van der Waals surface area contributed by atoms with Crippen LogP contribution in [0, 0.1) is 0 Å². The largest absolute Gasteiger partial charge is 0.339 e. The lowest BCUT2D eigenvalue weighted by molar-refractivity contribution is 0.245. The van der Waals surface area contributed by atoms with E-state index >= 15 is 0 Å². The topological polar surface area (TPSA) is 71.8 Å². The predicted molar refractivity (Wildman–Crippen MR) is 133 cm³/mol. The maximum Gasteiger partial charge on any atom is 0.137 e. The van der Waals surface area contributed by atoms with Crippen molar-refractivity contribution < 1.29 is 0 Å². The smallest absolute Gasteiger partial charge is 0.137 e. The summed E-state index contributed by atoms with van der Waals surface area (Å²) in [6.45, 7) is 3.53. The van der Waals surface area contributed by atoms with E-state index in [1.54, 1.807) is 12.7 Å². The molecule has 0 atom stereocenters. The lowest BCUT2D eigenvalue weighted by Crippen LogP contribution is -2.31. The van der Waals surface area contributed by atoms with Crippen LogP contribution >= 0.6 is 0 Å². The fourth-order valence-electron chi connectivity index (χ4n) is 4.66. The predicted octanol–water partition coefficient (Wildman–Crippen LogP) is 4.57. The van der Waals surface area contributed by atoms with Crippen molar-refractivity contribution >= 4 is 22.4 Å². The summed E-state index contributed by atoms with van der Waals surface area (Å²) in [7, 11) is 0. The molecule has 2 aromatic carbocycles. The highest BCUT2D eigenvalue weighted by Crippen LogP contribution is 2.28. The normalized spacial score (nSPS) is 13.6. The van der Waals surface area contributed by atoms with Gasteiger partial charge in [0.05, 0.1) is 23.9 Å². The van der Waals surface area contributed by atoms with Gasteiger partial charge in [0.25, 0.3) is 0 Å². The van der Waals surface area contributed by atoms with Gasteiger partial charge in [-0.3, -0.25) is 9.88 Å². The van der Waals surface area contributed by atoms with Gasteiger partial charge in [0, 0.05) is 36.8 Å². The van der Waals surface area contributed by atoms with Gasteiger partial charge in [0.15, 0.2) is 0 Å². The van der Waals surface area contributed by atoms with Crippen LogP contribution < -0.4 is 5.32 Å². The van der Waals surface area contributed by atoms with Gasteiger partial charge in [0.1, 0.15) is 18.5 Å². The molecule has 0 spiro atoms. The van der Waals surface area contributed by atoms with E-state index in [0.29, 0.717) is 0 Å². The fourth-order valence-corrected chi connectivity index (χ4v) is 4.66. The number of nitrogens with one attached hydrogen (secondary N) is 1. The molecule has 1 N–H and O–H groups in total. The number of fused-ring (bicyclic) bond motifs is 2. The Labute approximate surface area is 198 Å². The van der Waals surface area contributed by atoms with Gasteiger partial charge in [-0.2, -0.15) is 5.10 Å². The van der Waals surface area contributed by atoms with E-state index in [1.807, 2.05) is 35.3 Å². The van der Waals surface area contributed by atoms with Crippen molar-refractivity contribution in [1.29, 1.82) is 0 Å². The second-order valence-electron chi connectivity index (χ2n) is 8.66. The van der Waals surface area contributed by atoms with Gasteiger partial charge < -0.3 is 5.32 Å². The molecule has 0 fully saturated rings. The van der Waals surface area contributed by atoms with Gasteiger partial charge in [-0.25, -0.2) is 14.6 Å². The summed E-state index contributed by atoms with van der Waals surface area (Å²) in [4.78, 5) is 15.8. The molecule has 0 aliphatic carbocycles. The molecule has 3 aromatic heterocycles. The third-order valence-electron chi connectivity index (χ3n) is 6.39. The Balaban J connectivity index is 1.19. The Kier molecular flexibility index (Phi) is 5.45. The molecule has 7 nitrogen and oxygen atoms in total. The van der Waals surface area contributed by atoms with E-state index in [-0.39, 0.29) is 0 Å². The molecule has 6 rings (SSSR count). The molecule has 0 saturated heterocycles. The van der Waals surface area contributed by atoms with Crippen molar-refractivity contribution in [2.75, 3.05) is 11.9 Å². The summed E-state index contributed by atoms with van der Waals surface area (Å²) < 4.78 is 1.87. The summed E-state index contributed by atoms with van der Waals surface area (Å²) in [6, 6.07) is 21.0. The first-order valence-electron chi connectivity index (χ1n) is 11.5. The summed E-state index contributed by atoms with van der Waals surface area (Å²) in [5.74, 6) is 0.931. The number of hydrogen-bond acceptors (Lipinski definition) is 6. The molecular weight excluding hydrogens is 422 g/mol. The number of nitrogens with zero attached hydrogens (tertiary/aromatic N) is 6. The summed E-state index contributed by atoms with van der Waals surface area (Å²) in [6.07, 6.45) is 8.08. The highest BCUT2D eigenvalue weighted by Gasteiger charge is 2.20. The third kappa shape index (κ3) is 4.25. The molecule has 0 saturated carbocycles. The Morgan fingerprint density at radius 2 is 1.76 bits per heavy atom. The number of aromatic nitrogens is 5. The lowest BCUT2D eigenvalue weighted by Gasteiger charge is -2.30. The molecule has 7 heteroatoms. The van der Waals surface area contributed by atoms with Crippen LogP contribution in [-0.4, -0.2) is 36.2 Å². The van der Waals surface area contributed by atoms with Crippen LogP contribution in [0.3, 0.4) is 0 Å². The SMILES string of the molecule is c1ccc(Cn2cncn2)c(CN2CCc3c(ccnc3Nc3cnc4ccccc4c3)C2)c1. The van der Waals surface area contributed by atoms with Gasteiger partial charge in [-0.1, -0.05) is 42.5 Å². The monoisotopic (exact) mass is 447 g/mol. The molecule has 1 aliphatic heterocycles. The van der Waals surface area contributed by atoms with E-state index in [0.717, 1.165) is 55.0 Å². The number of benzene rings is 2. The molecule has 0 bridgehead atoms. The first-order chi connectivity index (χ1) is 16.8. The summed E-state index contributed by atoms with van der Waals surface area (Å²) in [5, 5.41) is 8.90. The Morgan fingerprint density at radius 1 is 0.912 bits per heavy atom. The van der Waals surface area contributed by atoms with Crippen LogP contribution in [0.25, 0.3) is 10.9 Å². The number of anilines is 2. The number of hydrogen-bond donors (Lipinski definition) is 1. The minimum Gasteiger partial charge on any atom is -0.339 e. The molecule has 0 amide bonds. The van der Waals surface area contributed by atoms with Gasteiger partial charge in [-0.15, -0.1) is 0 Å². The summed E-state index contributed by atoms with van der Waals surface area (Å²) >= 11 is 0. The zero-order valence-corrected chi connectivity index (χ0v) is 18.8. The molecule has 1 aliphatic rings. The maximum absolute atomic E-state index is 4.66. The van der Waals surface area contributed by atoms with Crippen LogP contribution in [0.15, 0.2) is 85.7 Å².